The zero-order valence-corrected chi connectivity index (χ0v) is 19.1. The molecule has 9 heteroatoms. The van der Waals surface area contributed by atoms with Gasteiger partial charge in [0.1, 0.15) is 30.2 Å². The van der Waals surface area contributed by atoms with E-state index in [4.69, 9.17) is 9.72 Å². The van der Waals surface area contributed by atoms with Gasteiger partial charge in [0.05, 0.1) is 24.1 Å². The number of aromatic nitrogens is 6. The first-order valence-electron chi connectivity index (χ1n) is 11.6. The largest absolute Gasteiger partial charge is 0.491 e. The third kappa shape index (κ3) is 3.63. The van der Waals surface area contributed by atoms with Crippen LogP contribution in [0.4, 0.5) is 5.82 Å². The first-order valence-corrected chi connectivity index (χ1v) is 11.6. The molecule has 4 heterocycles. The molecular weight excluding hydrogens is 430 g/mol. The van der Waals surface area contributed by atoms with Crippen molar-refractivity contribution in [2.45, 2.75) is 38.6 Å². The summed E-state index contributed by atoms with van der Waals surface area (Å²) in [7, 11) is 0. The Morgan fingerprint density at radius 3 is 2.82 bits per heavy atom. The van der Waals surface area contributed by atoms with Gasteiger partial charge in [0.25, 0.3) is 5.91 Å². The number of imidazole rings is 1. The average Bonchev–Trinajstić information content (AvgIpc) is 3.41. The molecule has 4 aromatic rings. The summed E-state index contributed by atoms with van der Waals surface area (Å²) in [5, 5.41) is 8.29. The average molecular weight is 456 g/mol. The van der Waals surface area contributed by atoms with Crippen LogP contribution in [0.15, 0.2) is 55.2 Å². The molecule has 6 rings (SSSR count). The van der Waals surface area contributed by atoms with E-state index in [1.807, 2.05) is 51.9 Å². The van der Waals surface area contributed by atoms with Gasteiger partial charge in [-0.1, -0.05) is 6.07 Å². The van der Waals surface area contributed by atoms with E-state index in [-0.39, 0.29) is 11.9 Å². The number of hydrogen-bond donors (Lipinski definition) is 0. The van der Waals surface area contributed by atoms with E-state index in [1.165, 1.54) is 12.8 Å². The molecule has 0 bridgehead atoms. The van der Waals surface area contributed by atoms with Gasteiger partial charge in [-0.3, -0.25) is 9.69 Å². The minimum atomic E-state index is -0.146. The molecular formula is C25H25N7O2. The van der Waals surface area contributed by atoms with Crippen molar-refractivity contribution in [3.8, 4) is 23.0 Å². The monoisotopic (exact) mass is 455 g/mol. The zero-order chi connectivity index (χ0) is 23.2. The first kappa shape index (κ1) is 20.6. The quantitative estimate of drug-likeness (QED) is 0.451. The van der Waals surface area contributed by atoms with E-state index in [9.17, 15) is 4.79 Å². The molecule has 172 valence electrons. The smallest absolute Gasteiger partial charge is 0.263 e. The third-order valence-corrected chi connectivity index (χ3v) is 6.28. The summed E-state index contributed by atoms with van der Waals surface area (Å²) >= 11 is 0. The van der Waals surface area contributed by atoms with Crippen LogP contribution in [0.2, 0.25) is 0 Å². The number of nitrogens with zero attached hydrogens (tertiary/aromatic N) is 7. The Morgan fingerprint density at radius 2 is 2.00 bits per heavy atom. The third-order valence-electron chi connectivity index (χ3n) is 6.28. The number of rotatable bonds is 5. The number of anilines is 1. The van der Waals surface area contributed by atoms with Gasteiger partial charge in [0.15, 0.2) is 5.82 Å². The molecule has 1 amide bonds. The summed E-state index contributed by atoms with van der Waals surface area (Å²) in [6.07, 6.45) is 7.95. The zero-order valence-electron chi connectivity index (χ0n) is 19.1. The van der Waals surface area contributed by atoms with Gasteiger partial charge in [-0.2, -0.15) is 0 Å². The van der Waals surface area contributed by atoms with Crippen molar-refractivity contribution in [2.75, 3.05) is 18.1 Å². The number of carbonyl (C=O) groups is 1. The summed E-state index contributed by atoms with van der Waals surface area (Å²) in [5.74, 6) is 2.23. The van der Waals surface area contributed by atoms with E-state index < -0.39 is 0 Å². The van der Waals surface area contributed by atoms with Crippen molar-refractivity contribution in [2.24, 2.45) is 0 Å². The number of amides is 1. The van der Waals surface area contributed by atoms with Crippen molar-refractivity contribution >= 4 is 11.7 Å². The van der Waals surface area contributed by atoms with Crippen LogP contribution in [-0.2, 0) is 0 Å². The molecule has 0 spiro atoms. The van der Waals surface area contributed by atoms with E-state index in [2.05, 4.69) is 35.2 Å². The molecule has 1 saturated carbocycles. The van der Waals surface area contributed by atoms with E-state index in [1.54, 1.807) is 11.2 Å². The molecule has 1 aliphatic heterocycles. The topological polar surface area (TPSA) is 91.0 Å². The summed E-state index contributed by atoms with van der Waals surface area (Å²) in [6, 6.07) is 11.5. The molecule has 1 fully saturated rings. The Morgan fingerprint density at radius 1 is 1.12 bits per heavy atom. The summed E-state index contributed by atoms with van der Waals surface area (Å²) in [4.78, 5) is 24.6. The van der Waals surface area contributed by atoms with Crippen LogP contribution in [0.5, 0.6) is 5.75 Å². The van der Waals surface area contributed by atoms with Gasteiger partial charge in [-0.25, -0.2) is 9.97 Å². The number of hydrogen-bond acceptors (Lipinski definition) is 6. The fraction of sp³-hybridized carbons (Fsp3) is 0.320. The summed E-state index contributed by atoms with van der Waals surface area (Å²) < 4.78 is 9.85. The Balaban J connectivity index is 1.34. The fourth-order valence-corrected chi connectivity index (χ4v) is 4.26. The van der Waals surface area contributed by atoms with Crippen LogP contribution in [0.1, 0.15) is 54.7 Å². The molecule has 1 aromatic carbocycles. The van der Waals surface area contributed by atoms with Crippen LogP contribution in [0.3, 0.4) is 0 Å². The second-order valence-electron chi connectivity index (χ2n) is 9.00. The molecule has 3 aromatic heterocycles. The van der Waals surface area contributed by atoms with Crippen molar-refractivity contribution in [1.82, 2.24) is 29.3 Å². The molecule has 34 heavy (non-hydrogen) atoms. The van der Waals surface area contributed by atoms with Crippen molar-refractivity contribution < 1.29 is 9.53 Å². The van der Waals surface area contributed by atoms with Gasteiger partial charge in [-0.15, -0.1) is 10.2 Å². The van der Waals surface area contributed by atoms with Crippen LogP contribution in [-0.4, -0.2) is 48.4 Å². The maximum Gasteiger partial charge on any atom is 0.263 e. The van der Waals surface area contributed by atoms with E-state index >= 15 is 0 Å². The Labute approximate surface area is 197 Å². The maximum atomic E-state index is 13.7. The minimum absolute atomic E-state index is 0.146. The normalized spacial score (nSPS) is 15.9. The molecule has 0 saturated heterocycles. The number of pyridine rings is 1. The minimum Gasteiger partial charge on any atom is -0.491 e. The van der Waals surface area contributed by atoms with Gasteiger partial charge in [0, 0.05) is 23.8 Å². The second kappa shape index (κ2) is 8.09. The standard InChI is InChI=1S/C25H25N7O2/c1-16(2)32-15-27-29-24(32)20-4-3-5-23(28-20)31-10-11-34-22-9-8-18(12-19(22)25(31)33)30-13-21(26-14-30)17-6-7-17/h3-5,8-9,12-17H,6-7,10-11H2,1-2H3. The van der Waals surface area contributed by atoms with Crippen LogP contribution in [0.25, 0.3) is 17.2 Å². The Bertz CT molecular complexity index is 1370. The van der Waals surface area contributed by atoms with Gasteiger partial charge < -0.3 is 13.9 Å². The lowest BCUT2D eigenvalue weighted by molar-refractivity contribution is 0.0989. The van der Waals surface area contributed by atoms with Crippen molar-refractivity contribution in [1.29, 1.82) is 0 Å². The SMILES string of the molecule is CC(C)n1cnnc1-c1cccc(N2CCOc3ccc(-n4cnc(C5CC5)c4)cc3C2=O)n1. The van der Waals surface area contributed by atoms with E-state index in [0.717, 1.165) is 11.4 Å². The lowest BCUT2D eigenvalue weighted by atomic mass is 10.1. The van der Waals surface area contributed by atoms with Gasteiger partial charge >= 0.3 is 0 Å². The molecule has 0 atom stereocenters. The molecule has 0 unspecified atom stereocenters. The molecule has 2 aliphatic rings. The lowest BCUT2D eigenvalue weighted by Gasteiger charge is -2.20. The highest BCUT2D eigenvalue weighted by Gasteiger charge is 2.28. The first-order chi connectivity index (χ1) is 16.6. The maximum absolute atomic E-state index is 13.7. The predicted molar refractivity (Wildman–Crippen MR) is 126 cm³/mol. The number of fused-ring (bicyclic) bond motifs is 1. The van der Waals surface area contributed by atoms with Crippen LogP contribution < -0.4 is 9.64 Å². The van der Waals surface area contributed by atoms with Crippen LogP contribution >= 0.6 is 0 Å². The van der Waals surface area contributed by atoms with Crippen molar-refractivity contribution in [3.63, 3.8) is 0 Å². The highest BCUT2D eigenvalue weighted by Crippen LogP contribution is 2.39. The molecule has 0 N–H and O–H groups in total. The number of benzene rings is 1. The number of ether oxygens (including phenoxy) is 1. The predicted octanol–water partition coefficient (Wildman–Crippen LogP) is 4.02. The Hall–Kier alpha value is -4.01. The van der Waals surface area contributed by atoms with Crippen molar-refractivity contribution in [3.05, 3.63) is 66.5 Å². The van der Waals surface area contributed by atoms with Gasteiger partial charge in [-0.05, 0) is 57.0 Å². The second-order valence-corrected chi connectivity index (χ2v) is 9.00. The highest BCUT2D eigenvalue weighted by atomic mass is 16.5. The van der Waals surface area contributed by atoms with E-state index in [0.29, 0.717) is 47.7 Å². The van der Waals surface area contributed by atoms with Crippen LogP contribution in [0, 0.1) is 0 Å². The molecule has 9 nitrogen and oxygen atoms in total. The van der Waals surface area contributed by atoms with Gasteiger partial charge in [0.2, 0.25) is 0 Å². The fourth-order valence-electron chi connectivity index (χ4n) is 4.26. The number of carbonyl (C=O) groups excluding carboxylic acids is 1. The lowest BCUT2D eigenvalue weighted by Crippen LogP contribution is -2.33. The summed E-state index contributed by atoms with van der Waals surface area (Å²) in [6.45, 7) is 4.90. The molecule has 1 aliphatic carbocycles. The Kier molecular flexibility index (Phi) is 4.90. The molecule has 0 radical (unpaired) electrons. The highest BCUT2D eigenvalue weighted by molar-refractivity contribution is 6.08. The summed E-state index contributed by atoms with van der Waals surface area (Å²) in [5.41, 5.74) is 3.16.